The number of hydrogen-bond acceptors (Lipinski definition) is 3. The van der Waals surface area contributed by atoms with Gasteiger partial charge in [-0.15, -0.1) is 0 Å². The highest BCUT2D eigenvalue weighted by Crippen LogP contribution is 2.14. The number of carboxylic acids is 1. The Morgan fingerprint density at radius 2 is 2.36 bits per heavy atom. The number of hydrogen-bond donors (Lipinski definition) is 1. The molecule has 0 amide bonds. The molecular formula is C9H8N2O3. The molecule has 0 fully saturated rings. The summed E-state index contributed by atoms with van der Waals surface area (Å²) in [5.74, 6) is -0.536. The number of fused-ring (bicyclic) bond motifs is 1. The lowest BCUT2D eigenvalue weighted by Crippen LogP contribution is -1.99. The molecule has 2 aromatic heterocycles. The third-order valence-electron chi connectivity index (χ3n) is 1.88. The van der Waals surface area contributed by atoms with Crippen molar-refractivity contribution in [2.45, 2.75) is 0 Å². The van der Waals surface area contributed by atoms with Gasteiger partial charge in [-0.25, -0.2) is 9.31 Å². The molecule has 1 N–H and O–H groups in total. The summed E-state index contributed by atoms with van der Waals surface area (Å²) in [6.07, 6.45) is 0. The molecule has 0 aliphatic rings. The Hall–Kier alpha value is -2.04. The zero-order valence-electron chi connectivity index (χ0n) is 7.47. The molecule has 0 unspecified atom stereocenters. The first-order valence-corrected chi connectivity index (χ1v) is 3.98. The lowest BCUT2D eigenvalue weighted by molar-refractivity contribution is 0.0690. The summed E-state index contributed by atoms with van der Waals surface area (Å²) in [5.41, 5.74) is 0.705. The van der Waals surface area contributed by atoms with Crippen molar-refractivity contribution in [3.05, 3.63) is 30.0 Å². The summed E-state index contributed by atoms with van der Waals surface area (Å²) in [4.78, 5) is 10.7. The van der Waals surface area contributed by atoms with Crippen LogP contribution in [0.25, 0.3) is 5.52 Å². The van der Waals surface area contributed by atoms with Gasteiger partial charge in [-0.05, 0) is 12.1 Å². The van der Waals surface area contributed by atoms with E-state index in [0.717, 1.165) is 0 Å². The van der Waals surface area contributed by atoms with Crippen LogP contribution in [-0.2, 0) is 0 Å². The van der Waals surface area contributed by atoms with Gasteiger partial charge >= 0.3 is 5.97 Å². The van der Waals surface area contributed by atoms with Gasteiger partial charge in [-0.2, -0.15) is 5.10 Å². The molecule has 0 radical (unpaired) electrons. The van der Waals surface area contributed by atoms with E-state index in [4.69, 9.17) is 9.84 Å². The molecule has 0 saturated carbocycles. The zero-order valence-corrected chi connectivity index (χ0v) is 7.47. The standard InChI is InChI=1S/C9H8N2O3/c1-14-8-4-2-3-6-5-7(9(12)13)10-11(6)8/h2-5H,1H3,(H,12,13). The molecule has 0 saturated heterocycles. The molecule has 0 aliphatic heterocycles. The van der Waals surface area contributed by atoms with E-state index in [2.05, 4.69) is 5.10 Å². The molecule has 2 heterocycles. The van der Waals surface area contributed by atoms with Crippen LogP contribution in [0.4, 0.5) is 0 Å². The predicted molar refractivity (Wildman–Crippen MR) is 48.7 cm³/mol. The Bertz CT molecular complexity index is 490. The SMILES string of the molecule is COc1cccc2cc(C(=O)O)nn12. The number of aromatic nitrogens is 2. The summed E-state index contributed by atoms with van der Waals surface area (Å²) in [6.45, 7) is 0. The number of ether oxygens (including phenoxy) is 1. The summed E-state index contributed by atoms with van der Waals surface area (Å²) in [7, 11) is 1.51. The lowest BCUT2D eigenvalue weighted by Gasteiger charge is -2.00. The fourth-order valence-electron chi connectivity index (χ4n) is 1.25. The molecule has 0 aliphatic carbocycles. The number of methoxy groups -OCH3 is 1. The Morgan fingerprint density at radius 1 is 1.57 bits per heavy atom. The summed E-state index contributed by atoms with van der Waals surface area (Å²) < 4.78 is 6.48. The molecule has 0 aromatic carbocycles. The third-order valence-corrected chi connectivity index (χ3v) is 1.88. The first-order valence-electron chi connectivity index (χ1n) is 3.98. The van der Waals surface area contributed by atoms with Crippen molar-refractivity contribution >= 4 is 11.5 Å². The van der Waals surface area contributed by atoms with Crippen LogP contribution in [-0.4, -0.2) is 27.8 Å². The molecule has 0 bridgehead atoms. The Kier molecular flexibility index (Phi) is 1.85. The largest absolute Gasteiger partial charge is 0.481 e. The molecular weight excluding hydrogens is 184 g/mol. The van der Waals surface area contributed by atoms with Crippen molar-refractivity contribution in [1.29, 1.82) is 0 Å². The van der Waals surface area contributed by atoms with Crippen molar-refractivity contribution in [3.8, 4) is 5.88 Å². The van der Waals surface area contributed by atoms with E-state index in [1.165, 1.54) is 17.7 Å². The van der Waals surface area contributed by atoms with Gasteiger partial charge in [-0.3, -0.25) is 0 Å². The number of nitrogens with zero attached hydrogens (tertiary/aromatic N) is 2. The molecule has 0 atom stereocenters. The van der Waals surface area contributed by atoms with Gasteiger partial charge < -0.3 is 9.84 Å². The molecule has 72 valence electrons. The monoisotopic (exact) mass is 192 g/mol. The topological polar surface area (TPSA) is 63.8 Å². The number of carboxylic acid groups (broad SMARTS) is 1. The Labute approximate surface area is 79.5 Å². The van der Waals surface area contributed by atoms with Gasteiger partial charge in [0.2, 0.25) is 5.88 Å². The van der Waals surface area contributed by atoms with Gasteiger partial charge in [0.1, 0.15) is 0 Å². The van der Waals surface area contributed by atoms with Crippen molar-refractivity contribution in [1.82, 2.24) is 9.61 Å². The van der Waals surface area contributed by atoms with Crippen LogP contribution in [0.5, 0.6) is 5.88 Å². The lowest BCUT2D eigenvalue weighted by atomic mass is 10.3. The van der Waals surface area contributed by atoms with E-state index in [-0.39, 0.29) is 5.69 Å². The van der Waals surface area contributed by atoms with Crippen molar-refractivity contribution in [2.24, 2.45) is 0 Å². The van der Waals surface area contributed by atoms with E-state index in [1.54, 1.807) is 18.2 Å². The second-order valence-electron chi connectivity index (χ2n) is 2.74. The fraction of sp³-hybridized carbons (Fsp3) is 0.111. The fourth-order valence-corrected chi connectivity index (χ4v) is 1.25. The molecule has 0 spiro atoms. The van der Waals surface area contributed by atoms with Gasteiger partial charge in [-0.1, -0.05) is 6.07 Å². The quantitative estimate of drug-likeness (QED) is 0.772. The highest BCUT2D eigenvalue weighted by atomic mass is 16.5. The minimum atomic E-state index is -1.05. The number of rotatable bonds is 2. The molecule has 5 heteroatoms. The average molecular weight is 192 g/mol. The van der Waals surface area contributed by atoms with Crippen LogP contribution < -0.4 is 4.74 Å². The van der Waals surface area contributed by atoms with Crippen LogP contribution in [0.2, 0.25) is 0 Å². The molecule has 5 nitrogen and oxygen atoms in total. The Balaban J connectivity index is 2.70. The van der Waals surface area contributed by atoms with Crippen LogP contribution in [0.15, 0.2) is 24.3 Å². The first kappa shape index (κ1) is 8.55. The van der Waals surface area contributed by atoms with Crippen LogP contribution in [0.3, 0.4) is 0 Å². The number of carbonyl (C=O) groups is 1. The van der Waals surface area contributed by atoms with Gasteiger partial charge in [0, 0.05) is 6.07 Å². The summed E-state index contributed by atoms with van der Waals surface area (Å²) >= 11 is 0. The van der Waals surface area contributed by atoms with Crippen molar-refractivity contribution in [3.63, 3.8) is 0 Å². The van der Waals surface area contributed by atoms with Crippen LogP contribution in [0.1, 0.15) is 10.5 Å². The normalized spacial score (nSPS) is 10.4. The summed E-state index contributed by atoms with van der Waals surface area (Å²) in [6, 6.07) is 6.75. The molecule has 14 heavy (non-hydrogen) atoms. The van der Waals surface area contributed by atoms with E-state index in [0.29, 0.717) is 11.4 Å². The molecule has 2 aromatic rings. The van der Waals surface area contributed by atoms with Gasteiger partial charge in [0.05, 0.1) is 12.6 Å². The molecule has 2 rings (SSSR count). The van der Waals surface area contributed by atoms with Crippen molar-refractivity contribution in [2.75, 3.05) is 7.11 Å². The van der Waals surface area contributed by atoms with Gasteiger partial charge in [0.25, 0.3) is 0 Å². The maximum Gasteiger partial charge on any atom is 0.356 e. The van der Waals surface area contributed by atoms with Gasteiger partial charge in [0.15, 0.2) is 5.69 Å². The minimum Gasteiger partial charge on any atom is -0.481 e. The Morgan fingerprint density at radius 3 is 3.00 bits per heavy atom. The number of aromatic carboxylic acids is 1. The van der Waals surface area contributed by atoms with E-state index in [9.17, 15) is 4.79 Å². The maximum atomic E-state index is 10.7. The second kappa shape index (κ2) is 3.02. The smallest absolute Gasteiger partial charge is 0.356 e. The van der Waals surface area contributed by atoms with Crippen LogP contribution in [0, 0.1) is 0 Å². The van der Waals surface area contributed by atoms with E-state index >= 15 is 0 Å². The first-order chi connectivity index (χ1) is 6.72. The van der Waals surface area contributed by atoms with Crippen molar-refractivity contribution < 1.29 is 14.6 Å². The summed E-state index contributed by atoms with van der Waals surface area (Å²) in [5, 5.41) is 12.6. The van der Waals surface area contributed by atoms with E-state index < -0.39 is 5.97 Å². The predicted octanol–water partition coefficient (Wildman–Crippen LogP) is 1.04. The van der Waals surface area contributed by atoms with E-state index in [1.807, 2.05) is 0 Å². The number of pyridine rings is 1. The minimum absolute atomic E-state index is 0.00880. The highest BCUT2D eigenvalue weighted by molar-refractivity contribution is 5.87. The average Bonchev–Trinajstić information content (AvgIpc) is 2.60. The third kappa shape index (κ3) is 1.19. The van der Waals surface area contributed by atoms with Crippen LogP contribution >= 0.6 is 0 Å². The highest BCUT2D eigenvalue weighted by Gasteiger charge is 2.10. The zero-order chi connectivity index (χ0) is 10.1. The second-order valence-corrected chi connectivity index (χ2v) is 2.74. The maximum absolute atomic E-state index is 10.7.